The second kappa shape index (κ2) is 9.54. The number of aromatic nitrogens is 2. The zero-order valence-electron chi connectivity index (χ0n) is 15.6. The van der Waals surface area contributed by atoms with Crippen LogP contribution in [0.2, 0.25) is 0 Å². The third kappa shape index (κ3) is 5.43. The van der Waals surface area contributed by atoms with Gasteiger partial charge in [0.25, 0.3) is 0 Å². The van der Waals surface area contributed by atoms with Gasteiger partial charge < -0.3 is 20.1 Å². The Balaban J connectivity index is 1.85. The van der Waals surface area contributed by atoms with Gasteiger partial charge in [-0.1, -0.05) is 30.3 Å². The van der Waals surface area contributed by atoms with Crippen molar-refractivity contribution in [3.8, 4) is 17.1 Å². The molecule has 0 aliphatic carbocycles. The first kappa shape index (κ1) is 18.7. The van der Waals surface area contributed by atoms with Gasteiger partial charge >= 0.3 is 0 Å². The van der Waals surface area contributed by atoms with Gasteiger partial charge in [0.1, 0.15) is 17.4 Å². The molecule has 0 spiro atoms. The molecule has 0 saturated carbocycles. The van der Waals surface area contributed by atoms with Crippen molar-refractivity contribution in [2.24, 2.45) is 0 Å². The molecule has 2 N–H and O–H groups in total. The minimum Gasteiger partial charge on any atom is -0.494 e. The standard InChI is InChI=1S/C21H24N4O2/c1-3-27-18-11-9-17(10-12-18)23-20-15-19(22-13-14-26-2)24-21(25-20)16-7-5-4-6-8-16/h4-12,15H,3,13-14H2,1-2H3,(H2,22,23,24,25). The monoisotopic (exact) mass is 364 g/mol. The Hall–Kier alpha value is -3.12. The van der Waals surface area contributed by atoms with E-state index in [1.807, 2.05) is 67.6 Å². The highest BCUT2D eigenvalue weighted by Crippen LogP contribution is 2.24. The molecule has 1 heterocycles. The van der Waals surface area contributed by atoms with Gasteiger partial charge in [0.05, 0.1) is 13.2 Å². The van der Waals surface area contributed by atoms with Gasteiger partial charge in [-0.2, -0.15) is 0 Å². The smallest absolute Gasteiger partial charge is 0.163 e. The highest BCUT2D eigenvalue weighted by Gasteiger charge is 2.07. The molecule has 140 valence electrons. The average molecular weight is 364 g/mol. The maximum Gasteiger partial charge on any atom is 0.163 e. The van der Waals surface area contributed by atoms with Crippen LogP contribution >= 0.6 is 0 Å². The van der Waals surface area contributed by atoms with Crippen molar-refractivity contribution >= 4 is 17.3 Å². The first-order valence-corrected chi connectivity index (χ1v) is 8.95. The van der Waals surface area contributed by atoms with Gasteiger partial charge in [-0.15, -0.1) is 0 Å². The van der Waals surface area contributed by atoms with Crippen LogP contribution in [-0.4, -0.2) is 36.8 Å². The molecule has 0 saturated heterocycles. The SMILES string of the molecule is CCOc1ccc(Nc2cc(NCCOC)nc(-c3ccccc3)n2)cc1. The van der Waals surface area contributed by atoms with E-state index in [9.17, 15) is 0 Å². The Bertz CT molecular complexity index is 839. The quantitative estimate of drug-likeness (QED) is 0.550. The number of hydrogen-bond acceptors (Lipinski definition) is 6. The summed E-state index contributed by atoms with van der Waals surface area (Å²) in [5.41, 5.74) is 1.89. The Morgan fingerprint density at radius 3 is 2.37 bits per heavy atom. The molecule has 0 fully saturated rings. The van der Waals surface area contributed by atoms with E-state index in [4.69, 9.17) is 9.47 Å². The first-order valence-electron chi connectivity index (χ1n) is 8.95. The van der Waals surface area contributed by atoms with Crippen LogP contribution in [0.4, 0.5) is 17.3 Å². The highest BCUT2D eigenvalue weighted by atomic mass is 16.5. The molecule has 6 nitrogen and oxygen atoms in total. The summed E-state index contributed by atoms with van der Waals surface area (Å²) in [5, 5.41) is 6.61. The van der Waals surface area contributed by atoms with Crippen LogP contribution in [0.15, 0.2) is 60.7 Å². The Labute approximate surface area is 159 Å². The topological polar surface area (TPSA) is 68.3 Å². The summed E-state index contributed by atoms with van der Waals surface area (Å²) in [6, 6.07) is 19.6. The summed E-state index contributed by atoms with van der Waals surface area (Å²) in [6.07, 6.45) is 0. The normalized spacial score (nSPS) is 10.4. The van der Waals surface area contributed by atoms with E-state index in [1.165, 1.54) is 0 Å². The van der Waals surface area contributed by atoms with E-state index in [1.54, 1.807) is 7.11 Å². The van der Waals surface area contributed by atoms with Crippen molar-refractivity contribution < 1.29 is 9.47 Å². The van der Waals surface area contributed by atoms with Crippen molar-refractivity contribution in [1.82, 2.24) is 9.97 Å². The molecule has 0 unspecified atom stereocenters. The van der Waals surface area contributed by atoms with Crippen molar-refractivity contribution in [3.05, 3.63) is 60.7 Å². The van der Waals surface area contributed by atoms with Crippen molar-refractivity contribution in [2.75, 3.05) is 37.5 Å². The van der Waals surface area contributed by atoms with E-state index >= 15 is 0 Å². The molecule has 3 rings (SSSR count). The van der Waals surface area contributed by atoms with Gasteiger partial charge in [-0.05, 0) is 31.2 Å². The molecule has 6 heteroatoms. The predicted octanol–water partition coefficient (Wildman–Crippen LogP) is 4.34. The minimum absolute atomic E-state index is 0.603. The maximum atomic E-state index is 5.49. The fraction of sp³-hybridized carbons (Fsp3) is 0.238. The number of nitrogens with one attached hydrogen (secondary N) is 2. The van der Waals surface area contributed by atoms with E-state index < -0.39 is 0 Å². The van der Waals surface area contributed by atoms with Crippen LogP contribution in [0, 0.1) is 0 Å². The third-order valence-corrected chi connectivity index (χ3v) is 3.81. The van der Waals surface area contributed by atoms with Crippen molar-refractivity contribution in [1.29, 1.82) is 0 Å². The van der Waals surface area contributed by atoms with Gasteiger partial charge in [0.2, 0.25) is 0 Å². The number of hydrogen-bond donors (Lipinski definition) is 2. The van der Waals surface area contributed by atoms with Gasteiger partial charge in [-0.25, -0.2) is 9.97 Å². The zero-order chi connectivity index (χ0) is 18.9. The third-order valence-electron chi connectivity index (χ3n) is 3.81. The van der Waals surface area contributed by atoms with Crippen LogP contribution in [0.5, 0.6) is 5.75 Å². The van der Waals surface area contributed by atoms with E-state index in [0.29, 0.717) is 31.4 Å². The van der Waals surface area contributed by atoms with Crippen LogP contribution in [0.25, 0.3) is 11.4 Å². The second-order valence-corrected chi connectivity index (χ2v) is 5.83. The molecule has 0 amide bonds. The summed E-state index contributed by atoms with van der Waals surface area (Å²) in [7, 11) is 1.68. The molecular formula is C21H24N4O2. The van der Waals surface area contributed by atoms with Crippen molar-refractivity contribution in [2.45, 2.75) is 6.92 Å². The lowest BCUT2D eigenvalue weighted by Gasteiger charge is -2.12. The summed E-state index contributed by atoms with van der Waals surface area (Å²) < 4.78 is 10.6. The molecule has 0 aliphatic heterocycles. The molecule has 0 atom stereocenters. The largest absolute Gasteiger partial charge is 0.494 e. The maximum absolute atomic E-state index is 5.49. The Morgan fingerprint density at radius 2 is 1.67 bits per heavy atom. The summed E-state index contributed by atoms with van der Waals surface area (Å²) in [5.74, 6) is 2.96. The first-order chi connectivity index (χ1) is 13.3. The van der Waals surface area contributed by atoms with E-state index in [2.05, 4.69) is 20.6 Å². The fourth-order valence-electron chi connectivity index (χ4n) is 2.55. The lowest BCUT2D eigenvalue weighted by atomic mass is 10.2. The molecular weight excluding hydrogens is 340 g/mol. The lowest BCUT2D eigenvalue weighted by molar-refractivity contribution is 0.210. The molecule has 1 aromatic heterocycles. The van der Waals surface area contributed by atoms with Crippen LogP contribution in [0.1, 0.15) is 6.92 Å². The number of anilines is 3. The van der Waals surface area contributed by atoms with Crippen LogP contribution < -0.4 is 15.4 Å². The zero-order valence-corrected chi connectivity index (χ0v) is 15.6. The Morgan fingerprint density at radius 1 is 0.926 bits per heavy atom. The number of ether oxygens (including phenoxy) is 2. The van der Waals surface area contributed by atoms with Crippen LogP contribution in [-0.2, 0) is 4.74 Å². The Kier molecular flexibility index (Phi) is 6.60. The molecule has 0 bridgehead atoms. The molecule has 27 heavy (non-hydrogen) atoms. The predicted molar refractivity (Wildman–Crippen MR) is 109 cm³/mol. The number of rotatable bonds is 9. The highest BCUT2D eigenvalue weighted by molar-refractivity contribution is 5.65. The minimum atomic E-state index is 0.603. The molecule has 0 aliphatic rings. The number of nitrogens with zero attached hydrogens (tertiary/aromatic N) is 2. The number of methoxy groups -OCH3 is 1. The summed E-state index contributed by atoms with van der Waals surface area (Å²) >= 11 is 0. The van der Waals surface area contributed by atoms with Gasteiger partial charge in [0.15, 0.2) is 5.82 Å². The summed E-state index contributed by atoms with van der Waals surface area (Å²) in [4.78, 5) is 9.28. The molecule has 2 aromatic carbocycles. The van der Waals surface area contributed by atoms with Crippen LogP contribution in [0.3, 0.4) is 0 Å². The van der Waals surface area contributed by atoms with Crippen molar-refractivity contribution in [3.63, 3.8) is 0 Å². The number of benzene rings is 2. The van der Waals surface area contributed by atoms with E-state index in [-0.39, 0.29) is 0 Å². The summed E-state index contributed by atoms with van der Waals surface area (Å²) in [6.45, 7) is 3.89. The second-order valence-electron chi connectivity index (χ2n) is 5.83. The fourth-order valence-corrected chi connectivity index (χ4v) is 2.55. The molecule has 0 radical (unpaired) electrons. The van der Waals surface area contributed by atoms with E-state index in [0.717, 1.165) is 22.8 Å². The average Bonchev–Trinajstić information content (AvgIpc) is 2.70. The lowest BCUT2D eigenvalue weighted by Crippen LogP contribution is -2.10. The van der Waals surface area contributed by atoms with Gasteiger partial charge in [0, 0.05) is 31.0 Å². The molecule has 3 aromatic rings. The van der Waals surface area contributed by atoms with Gasteiger partial charge in [-0.3, -0.25) is 0 Å².